The quantitative estimate of drug-likeness (QED) is 0.865. The molecule has 0 saturated carbocycles. The molecule has 3 rings (SSSR count). The van der Waals surface area contributed by atoms with Crippen LogP contribution in [-0.4, -0.2) is 49.1 Å². The molecule has 0 spiro atoms. The molecule has 1 atom stereocenters. The molecule has 7 nitrogen and oxygen atoms in total. The van der Waals surface area contributed by atoms with Crippen molar-refractivity contribution in [3.05, 3.63) is 29.8 Å². The molecule has 3 heterocycles. The summed E-state index contributed by atoms with van der Waals surface area (Å²) in [6.45, 7) is 3.32. The summed E-state index contributed by atoms with van der Waals surface area (Å²) in [6.07, 6.45) is 7.12. The maximum atomic E-state index is 12.4. The van der Waals surface area contributed by atoms with Crippen LogP contribution in [-0.2, 0) is 0 Å². The van der Waals surface area contributed by atoms with Gasteiger partial charge in [-0.05, 0) is 19.8 Å². The van der Waals surface area contributed by atoms with Gasteiger partial charge in [0.05, 0.1) is 24.0 Å². The molecule has 1 aliphatic heterocycles. The van der Waals surface area contributed by atoms with E-state index in [0.717, 1.165) is 25.1 Å². The second-order valence-electron chi connectivity index (χ2n) is 4.84. The summed E-state index contributed by atoms with van der Waals surface area (Å²) in [5.74, 6) is 0.0380. The molecule has 0 aromatic carbocycles. The number of nitrogens with one attached hydrogen (secondary N) is 1. The fourth-order valence-electron chi connectivity index (χ4n) is 2.50. The highest BCUT2D eigenvalue weighted by atomic mass is 16.2. The van der Waals surface area contributed by atoms with Gasteiger partial charge in [0.25, 0.3) is 5.91 Å². The number of likely N-dealkylation sites (tertiary alicyclic amines) is 1. The first kappa shape index (κ1) is 11.9. The molecule has 0 aliphatic carbocycles. The van der Waals surface area contributed by atoms with Crippen LogP contribution in [0.25, 0.3) is 0 Å². The van der Waals surface area contributed by atoms with Crippen molar-refractivity contribution in [1.29, 1.82) is 0 Å². The van der Waals surface area contributed by atoms with E-state index in [0.29, 0.717) is 12.1 Å². The van der Waals surface area contributed by atoms with E-state index < -0.39 is 0 Å². The molecule has 2 aromatic heterocycles. The van der Waals surface area contributed by atoms with Crippen molar-refractivity contribution in [3.63, 3.8) is 0 Å². The first-order valence-corrected chi connectivity index (χ1v) is 6.41. The van der Waals surface area contributed by atoms with Crippen LogP contribution in [0.3, 0.4) is 0 Å². The number of piperidine rings is 1. The van der Waals surface area contributed by atoms with Gasteiger partial charge in [-0.3, -0.25) is 9.89 Å². The third-order valence-electron chi connectivity index (χ3n) is 3.56. The molecule has 19 heavy (non-hydrogen) atoms. The van der Waals surface area contributed by atoms with E-state index in [1.165, 1.54) is 0 Å². The Morgan fingerprint density at radius 3 is 3.11 bits per heavy atom. The van der Waals surface area contributed by atoms with Crippen LogP contribution < -0.4 is 0 Å². The standard InChI is InChI=1S/C12H16N6O/c1-9-11(7-14-15-9)12(19)17-5-2-3-10(8-17)18-6-4-13-16-18/h4,6-7,10H,2-3,5,8H2,1H3,(H,14,15). The van der Waals surface area contributed by atoms with Crippen LogP contribution in [0.2, 0.25) is 0 Å². The third kappa shape index (κ3) is 2.23. The molecule has 100 valence electrons. The Morgan fingerprint density at radius 1 is 1.53 bits per heavy atom. The zero-order chi connectivity index (χ0) is 13.2. The number of aromatic nitrogens is 5. The first-order valence-electron chi connectivity index (χ1n) is 6.41. The summed E-state index contributed by atoms with van der Waals surface area (Å²) in [5.41, 5.74) is 1.46. The highest BCUT2D eigenvalue weighted by Gasteiger charge is 2.27. The maximum absolute atomic E-state index is 12.4. The van der Waals surface area contributed by atoms with E-state index in [4.69, 9.17) is 0 Å². The SMILES string of the molecule is Cc1[nH]ncc1C(=O)N1CCCC(n2ccnn2)C1. The topological polar surface area (TPSA) is 79.7 Å². The molecule has 1 aliphatic rings. The zero-order valence-corrected chi connectivity index (χ0v) is 10.8. The summed E-state index contributed by atoms with van der Waals surface area (Å²) in [4.78, 5) is 14.3. The Morgan fingerprint density at radius 2 is 2.42 bits per heavy atom. The van der Waals surface area contributed by atoms with E-state index in [2.05, 4.69) is 20.5 Å². The molecule has 0 radical (unpaired) electrons. The molecule has 7 heteroatoms. The van der Waals surface area contributed by atoms with Gasteiger partial charge in [-0.15, -0.1) is 5.10 Å². The van der Waals surface area contributed by atoms with Crippen molar-refractivity contribution >= 4 is 5.91 Å². The second kappa shape index (κ2) is 4.83. The number of carbonyl (C=O) groups excluding carboxylic acids is 1. The maximum Gasteiger partial charge on any atom is 0.257 e. The number of H-pyrrole nitrogens is 1. The number of amides is 1. The van der Waals surface area contributed by atoms with Crippen molar-refractivity contribution < 1.29 is 4.79 Å². The van der Waals surface area contributed by atoms with Crippen LogP contribution in [0.5, 0.6) is 0 Å². The summed E-state index contributed by atoms with van der Waals surface area (Å²) in [6, 6.07) is 0.215. The molecule has 1 unspecified atom stereocenters. The fraction of sp³-hybridized carbons (Fsp3) is 0.500. The van der Waals surface area contributed by atoms with Gasteiger partial charge in [0.15, 0.2) is 0 Å². The third-order valence-corrected chi connectivity index (χ3v) is 3.56. The monoisotopic (exact) mass is 260 g/mol. The fourth-order valence-corrected chi connectivity index (χ4v) is 2.50. The van der Waals surface area contributed by atoms with E-state index in [1.54, 1.807) is 12.4 Å². The zero-order valence-electron chi connectivity index (χ0n) is 10.8. The van der Waals surface area contributed by atoms with Crippen molar-refractivity contribution in [2.75, 3.05) is 13.1 Å². The van der Waals surface area contributed by atoms with Crippen molar-refractivity contribution in [3.8, 4) is 0 Å². The minimum Gasteiger partial charge on any atom is -0.336 e. The smallest absolute Gasteiger partial charge is 0.257 e. The van der Waals surface area contributed by atoms with Crippen molar-refractivity contribution in [1.82, 2.24) is 30.1 Å². The summed E-state index contributed by atoms with van der Waals surface area (Å²) in [7, 11) is 0. The number of hydrogen-bond donors (Lipinski definition) is 1. The first-order chi connectivity index (χ1) is 9.25. The molecule has 2 aromatic rings. The Bertz CT molecular complexity index is 561. The van der Waals surface area contributed by atoms with Gasteiger partial charge >= 0.3 is 0 Å². The van der Waals surface area contributed by atoms with Crippen LogP contribution in [0.15, 0.2) is 18.6 Å². The number of aromatic amines is 1. The highest BCUT2D eigenvalue weighted by molar-refractivity contribution is 5.95. The van der Waals surface area contributed by atoms with E-state index in [1.807, 2.05) is 22.7 Å². The number of carbonyl (C=O) groups is 1. The molecular formula is C12H16N6O. The lowest BCUT2D eigenvalue weighted by Crippen LogP contribution is -2.41. The lowest BCUT2D eigenvalue weighted by molar-refractivity contribution is 0.0671. The molecule has 1 N–H and O–H groups in total. The van der Waals surface area contributed by atoms with E-state index in [9.17, 15) is 4.79 Å². The highest BCUT2D eigenvalue weighted by Crippen LogP contribution is 2.22. The lowest BCUT2D eigenvalue weighted by Gasteiger charge is -2.32. The van der Waals surface area contributed by atoms with Gasteiger partial charge in [-0.1, -0.05) is 5.21 Å². The number of rotatable bonds is 2. The van der Waals surface area contributed by atoms with Gasteiger partial charge in [0, 0.05) is 25.0 Å². The largest absolute Gasteiger partial charge is 0.336 e. The van der Waals surface area contributed by atoms with Gasteiger partial charge in [0.1, 0.15) is 0 Å². The molecule has 0 bridgehead atoms. The average molecular weight is 260 g/mol. The summed E-state index contributed by atoms with van der Waals surface area (Å²) in [5, 5.41) is 14.6. The molecular weight excluding hydrogens is 244 g/mol. The van der Waals surface area contributed by atoms with Crippen LogP contribution in [0.4, 0.5) is 0 Å². The average Bonchev–Trinajstić information content (AvgIpc) is 3.09. The number of nitrogens with zero attached hydrogens (tertiary/aromatic N) is 5. The molecule has 1 amide bonds. The van der Waals surface area contributed by atoms with Gasteiger partial charge in [-0.25, -0.2) is 4.68 Å². The Labute approximate surface area is 110 Å². The van der Waals surface area contributed by atoms with Crippen LogP contribution >= 0.6 is 0 Å². The number of hydrogen-bond acceptors (Lipinski definition) is 4. The molecule has 1 fully saturated rings. The second-order valence-corrected chi connectivity index (χ2v) is 4.84. The van der Waals surface area contributed by atoms with Crippen molar-refractivity contribution in [2.45, 2.75) is 25.8 Å². The minimum atomic E-state index is 0.0380. The Hall–Kier alpha value is -2.18. The molecule has 1 saturated heterocycles. The minimum absolute atomic E-state index is 0.0380. The van der Waals surface area contributed by atoms with E-state index in [-0.39, 0.29) is 11.9 Å². The van der Waals surface area contributed by atoms with Crippen molar-refractivity contribution in [2.24, 2.45) is 0 Å². The summed E-state index contributed by atoms with van der Waals surface area (Å²) < 4.78 is 1.83. The van der Waals surface area contributed by atoms with Crippen LogP contribution in [0.1, 0.15) is 34.9 Å². The Kier molecular flexibility index (Phi) is 3.02. The normalized spacial score (nSPS) is 19.6. The predicted molar refractivity (Wildman–Crippen MR) is 67.5 cm³/mol. The van der Waals surface area contributed by atoms with Crippen LogP contribution in [0, 0.1) is 6.92 Å². The van der Waals surface area contributed by atoms with Gasteiger partial charge < -0.3 is 4.90 Å². The number of aryl methyl sites for hydroxylation is 1. The Balaban J connectivity index is 1.75. The summed E-state index contributed by atoms with van der Waals surface area (Å²) >= 11 is 0. The lowest BCUT2D eigenvalue weighted by atomic mass is 10.0. The van der Waals surface area contributed by atoms with Gasteiger partial charge in [0.2, 0.25) is 0 Å². The van der Waals surface area contributed by atoms with Gasteiger partial charge in [-0.2, -0.15) is 5.10 Å². The predicted octanol–water partition coefficient (Wildman–Crippen LogP) is 0.787. The van der Waals surface area contributed by atoms with E-state index >= 15 is 0 Å².